The Kier molecular flexibility index (Phi) is 7.79. The number of aromatic amines is 1. The van der Waals surface area contributed by atoms with Crippen LogP contribution in [0.15, 0.2) is 36.7 Å². The molecule has 1 amide bonds. The quantitative estimate of drug-likeness (QED) is 0.304. The van der Waals surface area contributed by atoms with Crippen molar-refractivity contribution in [1.82, 2.24) is 25.1 Å². The molecule has 3 aromatic rings. The smallest absolute Gasteiger partial charge is 0.432 e. The Morgan fingerprint density at radius 1 is 1.35 bits per heavy atom. The van der Waals surface area contributed by atoms with Crippen molar-refractivity contribution in [2.45, 2.75) is 17.8 Å². The first kappa shape index (κ1) is 26.6. The second kappa shape index (κ2) is 10.9. The molecule has 37 heavy (non-hydrogen) atoms. The van der Waals surface area contributed by atoms with Gasteiger partial charge in [0.2, 0.25) is 0 Å². The van der Waals surface area contributed by atoms with Crippen LogP contribution in [-0.4, -0.2) is 65.5 Å². The Labute approximate surface area is 212 Å². The van der Waals surface area contributed by atoms with Crippen molar-refractivity contribution in [1.29, 1.82) is 0 Å². The summed E-state index contributed by atoms with van der Waals surface area (Å²) in [6, 6.07) is 6.04. The SMILES string of the molecule is Cn1ccc(C#CC(=O)Nc2cc(-c3ncc(C(F)(F)F)[nH]3)ccc2OCCC2CNCCS2(O)O)n1. The van der Waals surface area contributed by atoms with Crippen LogP contribution in [0, 0.1) is 11.8 Å². The maximum atomic E-state index is 13.0. The molecule has 1 aliphatic rings. The number of benzene rings is 1. The molecule has 4 rings (SSSR count). The topological polar surface area (TPSA) is 137 Å². The predicted molar refractivity (Wildman–Crippen MR) is 132 cm³/mol. The zero-order valence-electron chi connectivity index (χ0n) is 19.7. The lowest BCUT2D eigenvalue weighted by Gasteiger charge is -2.43. The van der Waals surface area contributed by atoms with Crippen LogP contribution in [0.25, 0.3) is 11.4 Å². The largest absolute Gasteiger partial charge is 0.491 e. The van der Waals surface area contributed by atoms with Gasteiger partial charge in [-0.3, -0.25) is 18.6 Å². The Morgan fingerprint density at radius 2 is 2.16 bits per heavy atom. The van der Waals surface area contributed by atoms with E-state index in [0.29, 0.717) is 31.4 Å². The van der Waals surface area contributed by atoms with Gasteiger partial charge in [0.25, 0.3) is 0 Å². The molecule has 1 aliphatic heterocycles. The van der Waals surface area contributed by atoms with Gasteiger partial charge in [-0.1, -0.05) is 0 Å². The summed E-state index contributed by atoms with van der Waals surface area (Å²) < 4.78 is 66.9. The molecule has 10 nitrogen and oxygen atoms in total. The number of nitrogens with one attached hydrogen (secondary N) is 3. The Bertz CT molecular complexity index is 1330. The van der Waals surface area contributed by atoms with Crippen molar-refractivity contribution in [3.63, 3.8) is 0 Å². The Balaban J connectivity index is 1.54. The zero-order valence-corrected chi connectivity index (χ0v) is 20.5. The summed E-state index contributed by atoms with van der Waals surface area (Å²) in [5.41, 5.74) is -0.175. The molecule has 1 fully saturated rings. The fourth-order valence-electron chi connectivity index (χ4n) is 3.65. The number of nitrogens with zero attached hydrogens (tertiary/aromatic N) is 3. The minimum Gasteiger partial charge on any atom is -0.491 e. The number of alkyl halides is 3. The number of rotatable bonds is 6. The lowest BCUT2D eigenvalue weighted by atomic mass is 10.1. The van der Waals surface area contributed by atoms with E-state index in [1.54, 1.807) is 19.3 Å². The summed E-state index contributed by atoms with van der Waals surface area (Å²) in [7, 11) is -1.02. The van der Waals surface area contributed by atoms with Gasteiger partial charge in [-0.05, 0) is 30.2 Å². The first-order valence-corrected chi connectivity index (χ1v) is 13.0. The van der Waals surface area contributed by atoms with E-state index in [9.17, 15) is 27.1 Å². The highest BCUT2D eigenvalue weighted by atomic mass is 32.3. The van der Waals surface area contributed by atoms with Gasteiger partial charge < -0.3 is 20.4 Å². The van der Waals surface area contributed by atoms with E-state index in [1.807, 2.05) is 0 Å². The molecule has 198 valence electrons. The second-order valence-corrected chi connectivity index (χ2v) is 10.8. The van der Waals surface area contributed by atoms with Crippen LogP contribution in [0.5, 0.6) is 5.75 Å². The van der Waals surface area contributed by atoms with Gasteiger partial charge in [0.1, 0.15) is 23.0 Å². The Hall–Kier alpha value is -3.51. The third-order valence-electron chi connectivity index (χ3n) is 5.58. The van der Waals surface area contributed by atoms with E-state index in [4.69, 9.17) is 4.74 Å². The van der Waals surface area contributed by atoms with Crippen LogP contribution in [0.4, 0.5) is 18.9 Å². The number of imidazole rings is 1. The molecule has 1 saturated heterocycles. The molecule has 1 atom stereocenters. The molecular weight excluding hydrogens is 513 g/mol. The maximum absolute atomic E-state index is 13.0. The molecule has 14 heteroatoms. The second-order valence-electron chi connectivity index (χ2n) is 8.32. The van der Waals surface area contributed by atoms with Gasteiger partial charge in [-0.2, -0.15) is 28.9 Å². The summed E-state index contributed by atoms with van der Waals surface area (Å²) in [6.45, 7) is 1.08. The molecule has 0 saturated carbocycles. The number of carbonyl (C=O) groups is 1. The molecular formula is C23H25F3N6O4S. The van der Waals surface area contributed by atoms with Gasteiger partial charge in [0.15, 0.2) is 0 Å². The van der Waals surface area contributed by atoms with Gasteiger partial charge in [-0.25, -0.2) is 4.98 Å². The van der Waals surface area contributed by atoms with Crippen LogP contribution in [0.3, 0.4) is 0 Å². The van der Waals surface area contributed by atoms with E-state index in [-0.39, 0.29) is 40.4 Å². The number of hydrogen-bond acceptors (Lipinski definition) is 7. The number of carbonyl (C=O) groups excluding carboxylic acids is 1. The molecule has 0 radical (unpaired) electrons. The minimum absolute atomic E-state index is 0.0452. The molecule has 0 aliphatic carbocycles. The summed E-state index contributed by atoms with van der Waals surface area (Å²) in [5.74, 6) is 4.82. The molecule has 3 heterocycles. The van der Waals surface area contributed by atoms with Gasteiger partial charge in [0.05, 0.1) is 29.5 Å². The number of H-pyrrole nitrogens is 1. The van der Waals surface area contributed by atoms with Gasteiger partial charge in [0, 0.05) is 44.2 Å². The summed E-state index contributed by atoms with van der Waals surface area (Å²) >= 11 is 0. The van der Waals surface area contributed by atoms with Gasteiger partial charge >= 0.3 is 12.1 Å². The monoisotopic (exact) mass is 538 g/mol. The standard InChI is InChI=1S/C23H25F3N6O4S/c1-32-9-6-16(31-32)3-5-21(33)29-18-12-15(22-28-14-20(30-22)23(24,25)26)2-4-19(18)36-10-7-17-13-27-8-11-37(17,34)35/h2,4,6,9,12,14,17,27,34-35H,7-8,10-11,13H2,1H3,(H,28,30)(H,29,33). The maximum Gasteiger partial charge on any atom is 0.432 e. The van der Waals surface area contributed by atoms with Crippen LogP contribution in [0.1, 0.15) is 17.8 Å². The molecule has 0 spiro atoms. The summed E-state index contributed by atoms with van der Waals surface area (Å²) in [4.78, 5) is 18.5. The molecule has 1 unspecified atom stereocenters. The molecule has 5 N–H and O–H groups in total. The zero-order chi connectivity index (χ0) is 26.6. The van der Waals surface area contributed by atoms with Crippen molar-refractivity contribution < 1.29 is 31.8 Å². The Morgan fingerprint density at radius 3 is 2.84 bits per heavy atom. The predicted octanol–water partition coefficient (Wildman–Crippen LogP) is 3.31. The minimum atomic E-state index is -4.59. The van der Waals surface area contributed by atoms with Crippen molar-refractivity contribution in [3.05, 3.63) is 48.0 Å². The summed E-state index contributed by atoms with van der Waals surface area (Å²) in [6.07, 6.45) is -1.88. The van der Waals surface area contributed by atoms with Crippen molar-refractivity contribution in [2.24, 2.45) is 7.05 Å². The normalized spacial score (nSPS) is 17.9. The van der Waals surface area contributed by atoms with E-state index >= 15 is 0 Å². The first-order chi connectivity index (χ1) is 17.5. The van der Waals surface area contributed by atoms with Gasteiger partial charge in [-0.15, -0.1) is 0 Å². The van der Waals surface area contributed by atoms with E-state index in [2.05, 4.69) is 37.5 Å². The highest BCUT2D eigenvalue weighted by Crippen LogP contribution is 2.46. The average molecular weight is 539 g/mol. The van der Waals surface area contributed by atoms with Crippen molar-refractivity contribution in [3.8, 4) is 29.0 Å². The van der Waals surface area contributed by atoms with E-state index in [1.165, 1.54) is 22.9 Å². The highest BCUT2D eigenvalue weighted by molar-refractivity contribution is 8.24. The van der Waals surface area contributed by atoms with E-state index in [0.717, 1.165) is 0 Å². The van der Waals surface area contributed by atoms with Crippen LogP contribution in [0.2, 0.25) is 0 Å². The number of aryl methyl sites for hydroxylation is 1. The molecule has 1 aromatic carbocycles. The first-order valence-electron chi connectivity index (χ1n) is 11.2. The lowest BCUT2D eigenvalue weighted by molar-refractivity contribution is -0.140. The number of halogens is 3. The van der Waals surface area contributed by atoms with Crippen LogP contribution < -0.4 is 15.4 Å². The lowest BCUT2D eigenvalue weighted by Crippen LogP contribution is -2.41. The van der Waals surface area contributed by atoms with Crippen molar-refractivity contribution >= 4 is 22.2 Å². The van der Waals surface area contributed by atoms with Crippen molar-refractivity contribution in [2.75, 3.05) is 30.8 Å². The van der Waals surface area contributed by atoms with E-state index < -0.39 is 28.4 Å². The van der Waals surface area contributed by atoms with Crippen LogP contribution >= 0.6 is 10.6 Å². The average Bonchev–Trinajstić information content (AvgIpc) is 3.49. The number of ether oxygens (including phenoxy) is 1. The number of amides is 1. The highest BCUT2D eigenvalue weighted by Gasteiger charge is 2.33. The fourth-order valence-corrected chi connectivity index (χ4v) is 5.28. The summed E-state index contributed by atoms with van der Waals surface area (Å²) in [5, 5.41) is 9.40. The molecule has 0 bridgehead atoms. The molecule has 2 aromatic heterocycles. The van der Waals surface area contributed by atoms with Crippen LogP contribution in [-0.2, 0) is 18.0 Å². The number of hydrogen-bond donors (Lipinski definition) is 5. The number of anilines is 1. The third-order valence-corrected chi connectivity index (χ3v) is 7.86. The third kappa shape index (κ3) is 6.83. The number of aromatic nitrogens is 4. The fraction of sp³-hybridized carbons (Fsp3) is 0.348.